The summed E-state index contributed by atoms with van der Waals surface area (Å²) in [4.78, 5) is 35.0. The molecular formula is C26H26ClN7O3. The van der Waals surface area contributed by atoms with Crippen LogP contribution in [0.4, 0.5) is 5.82 Å². The molecule has 4 aromatic rings. The van der Waals surface area contributed by atoms with Crippen LogP contribution in [0.3, 0.4) is 0 Å². The first kappa shape index (κ1) is 24.5. The molecule has 2 unspecified atom stereocenters. The van der Waals surface area contributed by atoms with E-state index in [-0.39, 0.29) is 41.0 Å². The highest BCUT2D eigenvalue weighted by molar-refractivity contribution is 6.26. The number of carbonyl (C=O) groups excluding carboxylic acids is 1. The lowest BCUT2D eigenvalue weighted by Crippen LogP contribution is -2.26. The van der Waals surface area contributed by atoms with Gasteiger partial charge < -0.3 is 10.5 Å². The first-order valence-corrected chi connectivity index (χ1v) is 12.4. The number of alkyl halides is 1. The van der Waals surface area contributed by atoms with E-state index in [1.54, 1.807) is 12.1 Å². The Morgan fingerprint density at radius 1 is 1.27 bits per heavy atom. The van der Waals surface area contributed by atoms with Gasteiger partial charge in [0, 0.05) is 23.6 Å². The monoisotopic (exact) mass is 519 g/mol. The van der Waals surface area contributed by atoms with Crippen LogP contribution in [0.2, 0.25) is 0 Å². The summed E-state index contributed by atoms with van der Waals surface area (Å²) in [6, 6.07) is 12.5. The number of hydrogen-bond acceptors (Lipinski definition) is 7. The Morgan fingerprint density at radius 2 is 2.05 bits per heavy atom. The zero-order chi connectivity index (χ0) is 26.1. The van der Waals surface area contributed by atoms with Gasteiger partial charge in [0.05, 0.1) is 22.3 Å². The van der Waals surface area contributed by atoms with Crippen molar-refractivity contribution < 1.29 is 9.53 Å². The predicted molar refractivity (Wildman–Crippen MR) is 140 cm³/mol. The molecule has 0 amide bonds. The molecule has 0 bridgehead atoms. The first-order chi connectivity index (χ1) is 17.9. The maximum Gasteiger partial charge on any atom is 0.281 e. The third kappa shape index (κ3) is 4.79. The van der Waals surface area contributed by atoms with Gasteiger partial charge in [0.2, 0.25) is 0 Å². The van der Waals surface area contributed by atoms with E-state index in [0.717, 1.165) is 17.7 Å². The molecule has 0 fully saturated rings. The second kappa shape index (κ2) is 10.1. The van der Waals surface area contributed by atoms with Crippen molar-refractivity contribution in [3.8, 4) is 11.4 Å². The molecule has 3 aromatic heterocycles. The van der Waals surface area contributed by atoms with E-state index in [0.29, 0.717) is 17.9 Å². The molecule has 3 N–H and O–H groups in total. The van der Waals surface area contributed by atoms with Gasteiger partial charge >= 0.3 is 0 Å². The van der Waals surface area contributed by atoms with Gasteiger partial charge in [-0.3, -0.25) is 14.7 Å². The number of anilines is 1. The van der Waals surface area contributed by atoms with E-state index in [9.17, 15) is 9.59 Å². The van der Waals surface area contributed by atoms with Gasteiger partial charge in [-0.2, -0.15) is 19.3 Å². The molecule has 2 atom stereocenters. The van der Waals surface area contributed by atoms with Crippen LogP contribution in [-0.4, -0.2) is 40.6 Å². The summed E-state index contributed by atoms with van der Waals surface area (Å²) in [7, 11) is 0. The van der Waals surface area contributed by atoms with E-state index in [1.165, 1.54) is 15.3 Å². The SMILES string of the molecule is CCC(C)c1cc(N)n(C(=O)C2=C(OCc3cc(=O)n4[nH]c(-c5ccccc5)nc4n3)C=CCC2Cl)n1. The number of aromatic nitrogens is 6. The standard InChI is InChI=1S/C26H26ClN7O3/c1-3-15(2)19-13-21(28)33(31-19)25(36)23-18(27)10-7-11-20(23)37-14-17-12-22(35)34-26(29-17)30-24(32-34)16-8-5-4-6-9-16/h4-9,11-13,15,18H,3,10,14,28H2,1-2H3,(H,29,30,32). The summed E-state index contributed by atoms with van der Waals surface area (Å²) in [5.41, 5.74) is 7.95. The highest BCUT2D eigenvalue weighted by atomic mass is 35.5. The number of fused-ring (bicyclic) bond motifs is 1. The molecule has 0 aliphatic heterocycles. The fraction of sp³-hybridized carbons (Fsp3) is 0.269. The zero-order valence-electron chi connectivity index (χ0n) is 20.4. The van der Waals surface area contributed by atoms with Crippen molar-refractivity contribution in [3.63, 3.8) is 0 Å². The average Bonchev–Trinajstić information content (AvgIpc) is 3.51. The molecule has 0 saturated carbocycles. The van der Waals surface area contributed by atoms with Crippen molar-refractivity contribution in [1.82, 2.24) is 29.4 Å². The summed E-state index contributed by atoms with van der Waals surface area (Å²) in [6.45, 7) is 4.00. The third-order valence-electron chi connectivity index (χ3n) is 6.29. The molecule has 1 aliphatic carbocycles. The second-order valence-electron chi connectivity index (χ2n) is 8.85. The van der Waals surface area contributed by atoms with Crippen molar-refractivity contribution in [2.45, 2.75) is 44.6 Å². The Labute approximate surface area is 217 Å². The molecule has 0 radical (unpaired) electrons. The van der Waals surface area contributed by atoms with Crippen molar-refractivity contribution in [1.29, 1.82) is 0 Å². The number of nitrogens with two attached hydrogens (primary N) is 1. The summed E-state index contributed by atoms with van der Waals surface area (Å²) < 4.78 is 8.40. The van der Waals surface area contributed by atoms with Crippen LogP contribution < -0.4 is 11.3 Å². The van der Waals surface area contributed by atoms with Crippen LogP contribution in [0.25, 0.3) is 17.2 Å². The van der Waals surface area contributed by atoms with E-state index in [1.807, 2.05) is 50.3 Å². The summed E-state index contributed by atoms with van der Waals surface area (Å²) in [5.74, 6) is 0.959. The van der Waals surface area contributed by atoms with Gasteiger partial charge in [0.1, 0.15) is 18.2 Å². The number of nitrogen functional groups attached to an aromatic ring is 1. The molecule has 10 nitrogen and oxygen atoms in total. The number of nitrogens with one attached hydrogen (secondary N) is 1. The Bertz CT molecular complexity index is 1580. The third-order valence-corrected chi connectivity index (χ3v) is 6.69. The molecule has 5 rings (SSSR count). The maximum absolute atomic E-state index is 13.4. The molecule has 3 heterocycles. The molecule has 37 heavy (non-hydrogen) atoms. The highest BCUT2D eigenvalue weighted by Crippen LogP contribution is 2.29. The van der Waals surface area contributed by atoms with Gasteiger partial charge in [-0.1, -0.05) is 50.3 Å². The number of ether oxygens (including phenoxy) is 1. The number of benzene rings is 1. The minimum atomic E-state index is -0.621. The number of halogens is 1. The van der Waals surface area contributed by atoms with Crippen LogP contribution in [-0.2, 0) is 11.3 Å². The fourth-order valence-electron chi connectivity index (χ4n) is 4.04. The van der Waals surface area contributed by atoms with E-state index in [4.69, 9.17) is 22.1 Å². The Morgan fingerprint density at radius 3 is 2.81 bits per heavy atom. The normalized spacial score (nSPS) is 16.4. The number of hydrogen-bond donors (Lipinski definition) is 2. The number of allylic oxidation sites excluding steroid dienone is 3. The van der Waals surface area contributed by atoms with Crippen LogP contribution in [0, 0.1) is 0 Å². The largest absolute Gasteiger partial charge is 0.487 e. The van der Waals surface area contributed by atoms with Gasteiger partial charge in [-0.25, -0.2) is 4.98 Å². The maximum atomic E-state index is 13.4. The quantitative estimate of drug-likeness (QED) is 0.352. The summed E-state index contributed by atoms with van der Waals surface area (Å²) in [5, 5.41) is 6.76. The van der Waals surface area contributed by atoms with Crippen LogP contribution in [0.15, 0.2) is 70.7 Å². The molecular weight excluding hydrogens is 494 g/mol. The molecule has 1 aliphatic rings. The van der Waals surface area contributed by atoms with Gasteiger partial charge in [0.15, 0.2) is 5.82 Å². The smallest absolute Gasteiger partial charge is 0.281 e. The van der Waals surface area contributed by atoms with Crippen molar-refractivity contribution in [2.75, 3.05) is 5.73 Å². The molecule has 0 saturated heterocycles. The second-order valence-corrected chi connectivity index (χ2v) is 9.38. The van der Waals surface area contributed by atoms with Gasteiger partial charge in [-0.15, -0.1) is 11.6 Å². The number of aromatic amines is 1. The van der Waals surface area contributed by atoms with E-state index in [2.05, 4.69) is 20.2 Å². The highest BCUT2D eigenvalue weighted by Gasteiger charge is 2.29. The minimum absolute atomic E-state index is 0.0635. The summed E-state index contributed by atoms with van der Waals surface area (Å²) >= 11 is 6.54. The average molecular weight is 520 g/mol. The summed E-state index contributed by atoms with van der Waals surface area (Å²) in [6.07, 6.45) is 4.83. The lowest BCUT2D eigenvalue weighted by molar-refractivity contribution is 0.0926. The van der Waals surface area contributed by atoms with Crippen LogP contribution in [0.5, 0.6) is 0 Å². The fourth-order valence-corrected chi connectivity index (χ4v) is 4.35. The first-order valence-electron chi connectivity index (χ1n) is 12.0. The lowest BCUT2D eigenvalue weighted by Gasteiger charge is -2.20. The molecule has 11 heteroatoms. The van der Waals surface area contributed by atoms with E-state index < -0.39 is 11.3 Å². The zero-order valence-corrected chi connectivity index (χ0v) is 21.1. The van der Waals surface area contributed by atoms with E-state index >= 15 is 0 Å². The topological polar surface area (TPSA) is 133 Å². The lowest BCUT2D eigenvalue weighted by atomic mass is 10.0. The number of H-pyrrole nitrogens is 1. The van der Waals surface area contributed by atoms with Crippen molar-refractivity contribution in [3.05, 3.63) is 87.7 Å². The minimum Gasteiger partial charge on any atom is -0.487 e. The molecule has 0 spiro atoms. The number of rotatable bonds is 7. The molecule has 1 aromatic carbocycles. The van der Waals surface area contributed by atoms with Crippen molar-refractivity contribution in [2.24, 2.45) is 0 Å². The van der Waals surface area contributed by atoms with Crippen LogP contribution in [0.1, 0.15) is 48.8 Å². The Balaban J connectivity index is 1.43. The van der Waals surface area contributed by atoms with Crippen molar-refractivity contribution >= 4 is 29.1 Å². The van der Waals surface area contributed by atoms with Gasteiger partial charge in [-0.05, 0) is 18.9 Å². The van der Waals surface area contributed by atoms with Crippen LogP contribution >= 0.6 is 11.6 Å². The van der Waals surface area contributed by atoms with Gasteiger partial charge in [0.25, 0.3) is 17.2 Å². The Kier molecular flexibility index (Phi) is 6.66. The Hall–Kier alpha value is -4.18. The number of carbonyl (C=O) groups is 1. The number of nitrogens with zero attached hydrogens (tertiary/aromatic N) is 5. The predicted octanol–water partition coefficient (Wildman–Crippen LogP) is 4.06. The molecule has 190 valence electrons.